The first-order chi connectivity index (χ1) is 19.2. The van der Waals surface area contributed by atoms with E-state index in [0.717, 1.165) is 12.2 Å². The molecule has 0 aromatic heterocycles. The fraction of sp³-hybridized carbons (Fsp3) is 0.500. The Morgan fingerprint density at radius 2 is 1.32 bits per heavy atom. The van der Waals surface area contributed by atoms with Gasteiger partial charge in [-0.15, -0.1) is 0 Å². The number of hydrogen-bond donors (Lipinski definition) is 0. The van der Waals surface area contributed by atoms with Gasteiger partial charge in [-0.25, -0.2) is 0 Å². The molecule has 1 fully saturated rings. The van der Waals surface area contributed by atoms with Gasteiger partial charge in [0.1, 0.15) is 11.4 Å². The Bertz CT molecular complexity index is 1260. The Hall–Kier alpha value is -2.80. The molecule has 41 heavy (non-hydrogen) atoms. The van der Waals surface area contributed by atoms with Crippen molar-refractivity contribution in [1.82, 2.24) is 0 Å². The van der Waals surface area contributed by atoms with Gasteiger partial charge in [-0.1, -0.05) is 123 Å². The minimum absolute atomic E-state index is 0.0489. The first-order valence-electron chi connectivity index (χ1n) is 15.7. The molecular formula is C40H56O. The molecule has 222 valence electrons. The molecule has 2 atom stereocenters. The molecule has 3 aliphatic rings. The fourth-order valence-corrected chi connectivity index (χ4v) is 6.78. The zero-order valence-electron chi connectivity index (χ0n) is 27.7. The van der Waals surface area contributed by atoms with Crippen LogP contribution in [0.5, 0.6) is 0 Å². The average Bonchev–Trinajstić information content (AvgIpc) is 3.25. The predicted octanol–water partition coefficient (Wildman–Crippen LogP) is 12.0. The van der Waals surface area contributed by atoms with Gasteiger partial charge in [0.2, 0.25) is 0 Å². The van der Waals surface area contributed by atoms with Crippen molar-refractivity contribution in [3.63, 3.8) is 0 Å². The van der Waals surface area contributed by atoms with Crippen LogP contribution in [0.15, 0.2) is 118 Å². The molecule has 0 spiro atoms. The number of allylic oxidation sites excluding steroid dienone is 18. The molecule has 1 heterocycles. The third-order valence-corrected chi connectivity index (χ3v) is 9.35. The van der Waals surface area contributed by atoms with Crippen molar-refractivity contribution in [2.24, 2.45) is 16.7 Å². The first kappa shape index (κ1) is 32.7. The Morgan fingerprint density at radius 1 is 0.732 bits per heavy atom. The molecule has 1 aliphatic heterocycles. The minimum atomic E-state index is -0.0489. The maximum atomic E-state index is 6.51. The van der Waals surface area contributed by atoms with Gasteiger partial charge in [-0.3, -0.25) is 0 Å². The third kappa shape index (κ3) is 9.09. The lowest BCUT2D eigenvalue weighted by Gasteiger charge is -2.45. The second-order valence-electron chi connectivity index (χ2n) is 14.2. The van der Waals surface area contributed by atoms with Crippen LogP contribution in [0.3, 0.4) is 0 Å². The Kier molecular flexibility index (Phi) is 11.1. The van der Waals surface area contributed by atoms with Crippen LogP contribution in [0.4, 0.5) is 0 Å². The molecule has 0 radical (unpaired) electrons. The van der Waals surface area contributed by atoms with Crippen LogP contribution < -0.4 is 0 Å². The van der Waals surface area contributed by atoms with E-state index in [1.807, 2.05) is 0 Å². The molecule has 0 aromatic carbocycles. The monoisotopic (exact) mass is 552 g/mol. The van der Waals surface area contributed by atoms with E-state index in [-0.39, 0.29) is 11.0 Å². The maximum Gasteiger partial charge on any atom is 0.119 e. The molecule has 1 heteroatoms. The molecule has 2 unspecified atom stereocenters. The molecule has 0 saturated heterocycles. The lowest BCUT2D eigenvalue weighted by atomic mass is 9.62. The van der Waals surface area contributed by atoms with Crippen molar-refractivity contribution in [1.29, 1.82) is 0 Å². The predicted molar refractivity (Wildman–Crippen MR) is 181 cm³/mol. The van der Waals surface area contributed by atoms with Crippen molar-refractivity contribution in [2.75, 3.05) is 0 Å². The third-order valence-electron chi connectivity index (χ3n) is 9.35. The SMILES string of the molecule is CC1=C(/C=C/C(C)=C/C=C/C(C)=C/C=C/C=C(C)/C=C/C=C(\C)C2=CC3C(C)(C)CCCC3(C)O2)C(C)(C)CCC1. The quantitative estimate of drug-likeness (QED) is 0.258. The van der Waals surface area contributed by atoms with E-state index in [1.54, 1.807) is 5.57 Å². The van der Waals surface area contributed by atoms with Gasteiger partial charge in [0, 0.05) is 5.92 Å². The highest BCUT2D eigenvalue weighted by atomic mass is 16.5. The Balaban J connectivity index is 1.51. The fourth-order valence-electron chi connectivity index (χ4n) is 6.78. The standard InChI is InChI=1S/C40H56O/c1-30(19-13-20-32(3)24-25-35-33(4)23-15-26-38(35,6)7)17-11-12-18-31(2)21-14-22-34(5)36-29-37-39(8,9)27-16-28-40(37,10)41-36/h11-14,17-22,24-25,29,37H,15-16,23,26-28H2,1-10H3/b12-11+,19-13+,21-14+,25-24+,30-17+,31-18+,32-20+,34-22+. The molecule has 0 bridgehead atoms. The summed E-state index contributed by atoms with van der Waals surface area (Å²) in [7, 11) is 0. The van der Waals surface area contributed by atoms with Gasteiger partial charge in [0.05, 0.1) is 0 Å². The summed E-state index contributed by atoms with van der Waals surface area (Å²) in [6, 6.07) is 0. The minimum Gasteiger partial charge on any atom is -0.487 e. The molecular weight excluding hydrogens is 496 g/mol. The average molecular weight is 553 g/mol. The van der Waals surface area contributed by atoms with Gasteiger partial charge in [0.15, 0.2) is 0 Å². The van der Waals surface area contributed by atoms with E-state index in [9.17, 15) is 0 Å². The maximum absolute atomic E-state index is 6.51. The van der Waals surface area contributed by atoms with E-state index in [1.165, 1.54) is 60.0 Å². The summed E-state index contributed by atoms with van der Waals surface area (Å²) in [5.74, 6) is 1.55. The number of ether oxygens (including phenoxy) is 1. The summed E-state index contributed by atoms with van der Waals surface area (Å²) in [4.78, 5) is 0. The normalized spacial score (nSPS) is 27.9. The molecule has 1 nitrogen and oxygen atoms in total. The summed E-state index contributed by atoms with van der Waals surface area (Å²) in [5, 5.41) is 0. The second kappa shape index (κ2) is 13.9. The van der Waals surface area contributed by atoms with Crippen LogP contribution in [0.25, 0.3) is 0 Å². The zero-order valence-corrected chi connectivity index (χ0v) is 27.7. The lowest BCUT2D eigenvalue weighted by molar-refractivity contribution is -0.0596. The van der Waals surface area contributed by atoms with Crippen LogP contribution in [-0.2, 0) is 4.74 Å². The number of rotatable bonds is 9. The molecule has 0 aromatic rings. The Labute approximate surface area is 252 Å². The molecule has 3 rings (SSSR count). The van der Waals surface area contributed by atoms with Crippen molar-refractivity contribution in [3.8, 4) is 0 Å². The molecule has 2 aliphatic carbocycles. The van der Waals surface area contributed by atoms with E-state index in [0.29, 0.717) is 11.3 Å². The summed E-state index contributed by atoms with van der Waals surface area (Å²) in [5.41, 5.74) is 8.51. The first-order valence-corrected chi connectivity index (χ1v) is 15.7. The highest BCUT2D eigenvalue weighted by Gasteiger charge is 2.50. The highest BCUT2D eigenvalue weighted by molar-refractivity contribution is 5.38. The topological polar surface area (TPSA) is 9.23 Å². The zero-order chi connectivity index (χ0) is 30.3. The van der Waals surface area contributed by atoms with E-state index in [2.05, 4.69) is 148 Å². The van der Waals surface area contributed by atoms with Crippen LogP contribution in [0, 0.1) is 16.7 Å². The van der Waals surface area contributed by atoms with Crippen LogP contribution >= 0.6 is 0 Å². The van der Waals surface area contributed by atoms with Gasteiger partial charge >= 0.3 is 0 Å². The number of fused-ring (bicyclic) bond motifs is 1. The molecule has 1 saturated carbocycles. The van der Waals surface area contributed by atoms with E-state index < -0.39 is 0 Å². The van der Waals surface area contributed by atoms with Crippen molar-refractivity contribution in [2.45, 2.75) is 113 Å². The number of hydrogen-bond acceptors (Lipinski definition) is 1. The van der Waals surface area contributed by atoms with Crippen LogP contribution in [-0.4, -0.2) is 5.60 Å². The van der Waals surface area contributed by atoms with E-state index >= 15 is 0 Å². The van der Waals surface area contributed by atoms with Gasteiger partial charge < -0.3 is 4.74 Å². The van der Waals surface area contributed by atoms with Gasteiger partial charge in [-0.2, -0.15) is 0 Å². The summed E-state index contributed by atoms with van der Waals surface area (Å²) < 4.78 is 6.51. The molecule has 0 amide bonds. The van der Waals surface area contributed by atoms with Crippen LogP contribution in [0.2, 0.25) is 0 Å². The lowest BCUT2D eigenvalue weighted by Crippen LogP contribution is -2.44. The molecule has 0 N–H and O–H groups in total. The van der Waals surface area contributed by atoms with Crippen molar-refractivity contribution >= 4 is 0 Å². The summed E-state index contributed by atoms with van der Waals surface area (Å²) in [6.07, 6.45) is 36.0. The largest absolute Gasteiger partial charge is 0.487 e. The van der Waals surface area contributed by atoms with Crippen LogP contribution in [0.1, 0.15) is 108 Å². The van der Waals surface area contributed by atoms with Gasteiger partial charge in [-0.05, 0) is 108 Å². The summed E-state index contributed by atoms with van der Waals surface area (Å²) in [6.45, 7) is 22.7. The Morgan fingerprint density at radius 3 is 1.93 bits per heavy atom. The van der Waals surface area contributed by atoms with Crippen molar-refractivity contribution in [3.05, 3.63) is 118 Å². The summed E-state index contributed by atoms with van der Waals surface area (Å²) >= 11 is 0. The van der Waals surface area contributed by atoms with E-state index in [4.69, 9.17) is 4.74 Å². The second-order valence-corrected chi connectivity index (χ2v) is 14.2. The smallest absolute Gasteiger partial charge is 0.119 e. The van der Waals surface area contributed by atoms with Crippen molar-refractivity contribution < 1.29 is 4.74 Å². The highest BCUT2D eigenvalue weighted by Crippen LogP contribution is 2.53. The van der Waals surface area contributed by atoms with Gasteiger partial charge in [0.25, 0.3) is 0 Å².